The number of piperidine rings is 1. The molecule has 0 aromatic carbocycles. The second kappa shape index (κ2) is 8.16. The fourth-order valence-corrected chi connectivity index (χ4v) is 3.28. The highest BCUT2D eigenvalue weighted by atomic mass is 19.4. The predicted molar refractivity (Wildman–Crippen MR) is 109 cm³/mol. The van der Waals surface area contributed by atoms with Crippen LogP contribution in [0.2, 0.25) is 0 Å². The highest BCUT2D eigenvalue weighted by Gasteiger charge is 2.31. The molecule has 10 heteroatoms. The van der Waals surface area contributed by atoms with E-state index in [2.05, 4.69) is 41.5 Å². The Labute approximate surface area is 173 Å². The lowest BCUT2D eigenvalue weighted by molar-refractivity contribution is -0.137. The van der Waals surface area contributed by atoms with E-state index >= 15 is 0 Å². The number of aryl methyl sites for hydroxylation is 1. The van der Waals surface area contributed by atoms with Gasteiger partial charge in [0.2, 0.25) is 0 Å². The molecule has 0 atom stereocenters. The summed E-state index contributed by atoms with van der Waals surface area (Å²) in [7, 11) is 1.78. The van der Waals surface area contributed by atoms with E-state index in [4.69, 9.17) is 0 Å². The van der Waals surface area contributed by atoms with Gasteiger partial charge in [0.25, 0.3) is 0 Å². The van der Waals surface area contributed by atoms with E-state index in [1.54, 1.807) is 11.7 Å². The van der Waals surface area contributed by atoms with Crippen LogP contribution in [0.4, 0.5) is 29.6 Å². The molecule has 0 unspecified atom stereocenters. The number of nitrogens with one attached hydrogen (secondary N) is 2. The molecular formula is C20H27F3N6O. The van der Waals surface area contributed by atoms with Crippen LogP contribution in [0.25, 0.3) is 0 Å². The van der Waals surface area contributed by atoms with Gasteiger partial charge in [0.1, 0.15) is 11.6 Å². The molecule has 1 fully saturated rings. The van der Waals surface area contributed by atoms with E-state index in [1.807, 2.05) is 11.0 Å². The number of alkyl halides is 3. The second-order valence-corrected chi connectivity index (χ2v) is 8.55. The maximum atomic E-state index is 12.7. The van der Waals surface area contributed by atoms with Gasteiger partial charge in [-0.3, -0.25) is 10.00 Å². The molecule has 3 rings (SSSR count). The molecule has 1 aliphatic heterocycles. The quantitative estimate of drug-likeness (QED) is 0.783. The van der Waals surface area contributed by atoms with E-state index in [1.165, 1.54) is 6.07 Å². The fourth-order valence-electron chi connectivity index (χ4n) is 3.28. The Morgan fingerprint density at radius 1 is 1.17 bits per heavy atom. The Morgan fingerprint density at radius 3 is 2.33 bits per heavy atom. The van der Waals surface area contributed by atoms with Crippen molar-refractivity contribution in [2.75, 3.05) is 23.3 Å². The molecule has 0 bridgehead atoms. The molecule has 1 aliphatic rings. The summed E-state index contributed by atoms with van der Waals surface area (Å²) in [5.74, 6) is 1.12. The van der Waals surface area contributed by atoms with Crippen LogP contribution in [-0.2, 0) is 18.6 Å². The smallest absolute Gasteiger partial charge is 0.356 e. The van der Waals surface area contributed by atoms with Crippen LogP contribution < -0.4 is 15.5 Å². The van der Waals surface area contributed by atoms with Crippen LogP contribution >= 0.6 is 0 Å². The lowest BCUT2D eigenvalue weighted by Crippen LogP contribution is -2.46. The van der Waals surface area contributed by atoms with Gasteiger partial charge in [-0.25, -0.2) is 9.78 Å². The molecule has 3 heterocycles. The zero-order chi connectivity index (χ0) is 22.1. The van der Waals surface area contributed by atoms with Crippen molar-refractivity contribution >= 4 is 17.7 Å². The van der Waals surface area contributed by atoms with Gasteiger partial charge in [-0.1, -0.05) is 20.8 Å². The van der Waals surface area contributed by atoms with Crippen molar-refractivity contribution in [2.45, 2.75) is 51.2 Å². The maximum Gasteiger partial charge on any atom is 0.417 e. The van der Waals surface area contributed by atoms with Crippen molar-refractivity contribution < 1.29 is 18.0 Å². The number of hydrogen-bond donors (Lipinski definition) is 2. The van der Waals surface area contributed by atoms with Gasteiger partial charge in [-0.15, -0.1) is 0 Å². The van der Waals surface area contributed by atoms with Crippen LogP contribution in [0, 0.1) is 0 Å². The first-order chi connectivity index (χ1) is 13.9. The maximum absolute atomic E-state index is 12.7. The summed E-state index contributed by atoms with van der Waals surface area (Å²) in [4.78, 5) is 18.2. The zero-order valence-corrected chi connectivity index (χ0v) is 17.5. The molecule has 7 nitrogen and oxygen atoms in total. The monoisotopic (exact) mass is 424 g/mol. The van der Waals surface area contributed by atoms with E-state index in [0.717, 1.165) is 18.0 Å². The molecule has 2 aromatic rings. The van der Waals surface area contributed by atoms with Crippen molar-refractivity contribution in [3.05, 3.63) is 35.7 Å². The second-order valence-electron chi connectivity index (χ2n) is 8.55. The van der Waals surface area contributed by atoms with Gasteiger partial charge in [0, 0.05) is 43.9 Å². The average Bonchev–Trinajstić information content (AvgIpc) is 3.02. The van der Waals surface area contributed by atoms with E-state index in [0.29, 0.717) is 37.6 Å². The third-order valence-corrected chi connectivity index (χ3v) is 5.12. The van der Waals surface area contributed by atoms with Crippen LogP contribution in [0.15, 0.2) is 24.4 Å². The summed E-state index contributed by atoms with van der Waals surface area (Å²) in [6, 6.07) is 3.96. The lowest BCUT2D eigenvalue weighted by atomic mass is 9.92. The number of amides is 2. The molecule has 30 heavy (non-hydrogen) atoms. The molecule has 2 amide bonds. The third-order valence-electron chi connectivity index (χ3n) is 5.12. The van der Waals surface area contributed by atoms with Crippen molar-refractivity contribution in [1.29, 1.82) is 0 Å². The highest BCUT2D eigenvalue weighted by molar-refractivity contribution is 5.88. The number of hydrogen-bond acceptors (Lipinski definition) is 4. The Hall–Kier alpha value is -2.78. The lowest BCUT2D eigenvalue weighted by Gasteiger charge is -2.33. The van der Waals surface area contributed by atoms with Crippen molar-refractivity contribution in [1.82, 2.24) is 20.1 Å². The summed E-state index contributed by atoms with van der Waals surface area (Å²) < 4.78 is 39.6. The number of nitrogens with zero attached hydrogens (tertiary/aromatic N) is 4. The Morgan fingerprint density at radius 2 is 1.83 bits per heavy atom. The normalized spacial score (nSPS) is 15.9. The summed E-state index contributed by atoms with van der Waals surface area (Å²) in [5.41, 5.74) is 0.00904. The molecule has 0 saturated carbocycles. The first kappa shape index (κ1) is 21.9. The number of rotatable bonds is 3. The minimum atomic E-state index is -4.39. The van der Waals surface area contributed by atoms with Crippen LogP contribution in [0.5, 0.6) is 0 Å². The fraction of sp³-hybridized carbons (Fsp3) is 0.550. The summed E-state index contributed by atoms with van der Waals surface area (Å²) in [6.07, 6.45) is -2.19. The predicted octanol–water partition coefficient (Wildman–Crippen LogP) is 3.92. The number of pyridine rings is 1. The largest absolute Gasteiger partial charge is 0.417 e. The minimum Gasteiger partial charge on any atom is -0.356 e. The summed E-state index contributed by atoms with van der Waals surface area (Å²) in [5, 5.41) is 10.2. The first-order valence-electron chi connectivity index (χ1n) is 9.84. The standard InChI is InChI=1S/C20H27F3N6O/c1-19(2,3)15-11-17(28(4)27-15)26-18(30)25-14-7-9-29(10-8-14)16-6-5-13(12-24-16)20(21,22)23/h5-6,11-12,14H,7-10H2,1-4H3,(H2,25,26,30). The Kier molecular flexibility index (Phi) is 5.96. The summed E-state index contributed by atoms with van der Waals surface area (Å²) in [6.45, 7) is 7.36. The van der Waals surface area contributed by atoms with Crippen molar-refractivity contribution in [3.8, 4) is 0 Å². The molecule has 164 valence electrons. The van der Waals surface area contributed by atoms with Gasteiger partial charge in [0.05, 0.1) is 11.3 Å². The van der Waals surface area contributed by atoms with E-state index in [9.17, 15) is 18.0 Å². The third kappa shape index (κ3) is 5.22. The molecule has 2 N–H and O–H groups in total. The van der Waals surface area contributed by atoms with E-state index < -0.39 is 11.7 Å². The van der Waals surface area contributed by atoms with Crippen LogP contribution in [0.3, 0.4) is 0 Å². The number of anilines is 2. The molecule has 0 radical (unpaired) electrons. The number of aromatic nitrogens is 3. The van der Waals surface area contributed by atoms with Crippen LogP contribution in [-0.4, -0.2) is 39.9 Å². The van der Waals surface area contributed by atoms with Crippen LogP contribution in [0.1, 0.15) is 44.9 Å². The van der Waals surface area contributed by atoms with Gasteiger partial charge in [-0.05, 0) is 25.0 Å². The van der Waals surface area contributed by atoms with Gasteiger partial charge >= 0.3 is 12.2 Å². The topological polar surface area (TPSA) is 75.1 Å². The van der Waals surface area contributed by atoms with Gasteiger partial charge in [-0.2, -0.15) is 18.3 Å². The van der Waals surface area contributed by atoms with Gasteiger partial charge < -0.3 is 10.2 Å². The number of halogens is 3. The zero-order valence-electron chi connectivity index (χ0n) is 17.5. The average molecular weight is 424 g/mol. The highest BCUT2D eigenvalue weighted by Crippen LogP contribution is 2.30. The number of urea groups is 1. The van der Waals surface area contributed by atoms with E-state index in [-0.39, 0.29) is 17.5 Å². The SMILES string of the molecule is Cn1nc(C(C)(C)C)cc1NC(=O)NC1CCN(c2ccc(C(F)(F)F)cn2)CC1. The Bertz CT molecular complexity index is 877. The Balaban J connectivity index is 1.51. The van der Waals surface area contributed by atoms with Crippen molar-refractivity contribution in [3.63, 3.8) is 0 Å². The number of carbonyl (C=O) groups is 1. The number of carbonyl (C=O) groups excluding carboxylic acids is 1. The van der Waals surface area contributed by atoms with Gasteiger partial charge in [0.15, 0.2) is 0 Å². The van der Waals surface area contributed by atoms with Crippen molar-refractivity contribution in [2.24, 2.45) is 7.05 Å². The molecule has 0 aliphatic carbocycles. The summed E-state index contributed by atoms with van der Waals surface area (Å²) >= 11 is 0. The molecule has 2 aromatic heterocycles. The molecule has 0 spiro atoms. The molecular weight excluding hydrogens is 397 g/mol. The first-order valence-corrected chi connectivity index (χ1v) is 9.84. The molecule has 1 saturated heterocycles. The minimum absolute atomic E-state index is 0.0222.